The number of oxime groups is 1. The molecule has 3 aromatic rings. The third-order valence-electron chi connectivity index (χ3n) is 4.60. The number of hydrogen-bond acceptors (Lipinski definition) is 5. The van der Waals surface area contributed by atoms with Crippen molar-refractivity contribution in [3.05, 3.63) is 71.3 Å². The highest BCUT2D eigenvalue weighted by Gasteiger charge is 2.41. The van der Waals surface area contributed by atoms with E-state index in [-0.39, 0.29) is 17.9 Å². The van der Waals surface area contributed by atoms with Crippen molar-refractivity contribution in [2.45, 2.75) is 33.4 Å². The first-order valence-electron chi connectivity index (χ1n) is 9.85. The van der Waals surface area contributed by atoms with Crippen LogP contribution >= 0.6 is 0 Å². The minimum Gasteiger partial charge on any atom is -0.455 e. The molecule has 1 aromatic heterocycles. The van der Waals surface area contributed by atoms with Gasteiger partial charge in [0.05, 0.1) is 11.3 Å². The van der Waals surface area contributed by atoms with Gasteiger partial charge in [-0.05, 0) is 26.3 Å². The summed E-state index contributed by atoms with van der Waals surface area (Å²) in [6.07, 6.45) is -4.81. The zero-order valence-electron chi connectivity index (χ0n) is 17.7. The molecule has 0 radical (unpaired) electrons. The first-order chi connectivity index (χ1) is 15.0. The van der Waals surface area contributed by atoms with Crippen molar-refractivity contribution in [3.63, 3.8) is 0 Å². The molecule has 0 unspecified atom stereocenters. The van der Waals surface area contributed by atoms with Gasteiger partial charge in [0.25, 0.3) is 0 Å². The lowest BCUT2D eigenvalue weighted by molar-refractivity contribution is -0.0597. The second-order valence-corrected chi connectivity index (χ2v) is 9.03. The molecule has 0 aliphatic rings. The summed E-state index contributed by atoms with van der Waals surface area (Å²) in [6, 6.07) is 15.0. The molecule has 0 saturated carbocycles. The van der Waals surface area contributed by atoms with Gasteiger partial charge in [0.2, 0.25) is 0 Å². The maximum absolute atomic E-state index is 13.9. The maximum Gasteiger partial charge on any atom is 0.437 e. The van der Waals surface area contributed by atoms with Gasteiger partial charge in [0, 0.05) is 11.1 Å². The van der Waals surface area contributed by atoms with E-state index in [1.54, 1.807) is 43.3 Å². The number of halogens is 3. The zero-order valence-corrected chi connectivity index (χ0v) is 18.5. The van der Waals surface area contributed by atoms with E-state index in [0.717, 1.165) is 11.1 Å². The van der Waals surface area contributed by atoms with Crippen LogP contribution in [0.4, 0.5) is 13.2 Å². The highest BCUT2D eigenvalue weighted by atomic mass is 32.2. The number of rotatable bonds is 7. The maximum atomic E-state index is 13.9. The molecule has 0 aliphatic carbocycles. The predicted molar refractivity (Wildman–Crippen MR) is 117 cm³/mol. The summed E-state index contributed by atoms with van der Waals surface area (Å²) in [4.78, 5) is 0. The molecule has 0 spiro atoms. The largest absolute Gasteiger partial charge is 0.455 e. The van der Waals surface area contributed by atoms with Crippen LogP contribution in [0.5, 0.6) is 0 Å². The van der Waals surface area contributed by atoms with Crippen molar-refractivity contribution in [1.29, 1.82) is 0 Å². The van der Waals surface area contributed by atoms with Gasteiger partial charge in [0.1, 0.15) is 11.5 Å². The summed E-state index contributed by atoms with van der Waals surface area (Å²) < 4.78 is 75.7. The lowest BCUT2D eigenvalue weighted by Gasteiger charge is -2.10. The van der Waals surface area contributed by atoms with Gasteiger partial charge in [-0.1, -0.05) is 71.7 Å². The summed E-state index contributed by atoms with van der Waals surface area (Å²) in [5.74, 6) is -0.357. The van der Waals surface area contributed by atoms with Crippen molar-refractivity contribution in [3.8, 4) is 22.6 Å². The topological polar surface area (TPSA) is 68.9 Å². The lowest BCUT2D eigenvalue weighted by Crippen LogP contribution is -2.25. The van der Waals surface area contributed by atoms with Crippen molar-refractivity contribution >= 4 is 15.8 Å². The Balaban J connectivity index is 2.20. The van der Waals surface area contributed by atoms with Crippen LogP contribution < -0.4 is 0 Å². The first kappa shape index (κ1) is 23.6. The molecule has 0 N–H and O–H groups in total. The van der Waals surface area contributed by atoms with Crippen molar-refractivity contribution in [2.75, 3.05) is 5.75 Å². The Bertz CT molecular complexity index is 1210. The molecule has 0 bridgehead atoms. The number of benzene rings is 2. The Morgan fingerprint density at radius 1 is 0.969 bits per heavy atom. The molecular weight excluding hydrogens is 443 g/mol. The summed E-state index contributed by atoms with van der Waals surface area (Å²) in [5.41, 5.74) is 0.942. The van der Waals surface area contributed by atoms with Gasteiger partial charge in [-0.2, -0.15) is 21.6 Å². The fourth-order valence-corrected chi connectivity index (χ4v) is 3.74. The molecule has 9 heteroatoms. The number of furan rings is 1. The van der Waals surface area contributed by atoms with Crippen LogP contribution in [0, 0.1) is 13.8 Å². The normalized spacial score (nSPS) is 12.8. The Kier molecular flexibility index (Phi) is 6.78. The SMILES string of the molecule is CCCS(=O)(=O)O/N=C(/c1cc(-c2ccc(C)cc2)oc1-c1ccc(C)cc1)C(F)(F)F. The minimum atomic E-state index is -4.99. The molecule has 0 fully saturated rings. The van der Waals surface area contributed by atoms with Gasteiger partial charge in [-0.25, -0.2) is 0 Å². The van der Waals surface area contributed by atoms with Gasteiger partial charge >= 0.3 is 16.3 Å². The second kappa shape index (κ2) is 9.20. The van der Waals surface area contributed by atoms with E-state index in [1.807, 2.05) is 26.0 Å². The van der Waals surface area contributed by atoms with Crippen molar-refractivity contribution in [1.82, 2.24) is 0 Å². The third-order valence-corrected chi connectivity index (χ3v) is 5.81. The molecule has 0 atom stereocenters. The van der Waals surface area contributed by atoms with E-state index in [2.05, 4.69) is 9.44 Å². The van der Waals surface area contributed by atoms with Crippen LogP contribution in [0.25, 0.3) is 22.6 Å². The smallest absolute Gasteiger partial charge is 0.437 e. The van der Waals surface area contributed by atoms with E-state index >= 15 is 0 Å². The number of aryl methyl sites for hydroxylation is 2. The van der Waals surface area contributed by atoms with Gasteiger partial charge in [-0.3, -0.25) is 4.28 Å². The van der Waals surface area contributed by atoms with Crippen LogP contribution in [-0.4, -0.2) is 26.1 Å². The Morgan fingerprint density at radius 2 is 1.50 bits per heavy atom. The molecule has 0 amide bonds. The highest BCUT2D eigenvalue weighted by Crippen LogP contribution is 2.37. The number of hydrogen-bond donors (Lipinski definition) is 0. The number of nitrogens with zero attached hydrogens (tertiary/aromatic N) is 1. The zero-order chi connectivity index (χ0) is 23.5. The van der Waals surface area contributed by atoms with Crippen LogP contribution in [0.2, 0.25) is 0 Å². The quantitative estimate of drug-likeness (QED) is 0.305. The fraction of sp³-hybridized carbons (Fsp3) is 0.261. The predicted octanol–water partition coefficient (Wildman–Crippen LogP) is 6.25. The molecule has 0 aliphatic heterocycles. The Labute approximate surface area is 184 Å². The second-order valence-electron chi connectivity index (χ2n) is 7.36. The molecule has 2 aromatic carbocycles. The van der Waals surface area contributed by atoms with E-state index in [9.17, 15) is 21.6 Å². The van der Waals surface area contributed by atoms with E-state index in [4.69, 9.17) is 4.42 Å². The average molecular weight is 465 g/mol. The molecule has 0 saturated heterocycles. The molecule has 170 valence electrons. The van der Waals surface area contributed by atoms with Crippen molar-refractivity contribution in [2.24, 2.45) is 5.16 Å². The summed E-state index contributed by atoms with van der Waals surface area (Å²) in [5, 5.41) is 3.02. The van der Waals surface area contributed by atoms with Crippen LogP contribution in [0.1, 0.15) is 30.0 Å². The summed E-state index contributed by atoms with van der Waals surface area (Å²) in [6.45, 7) is 5.30. The van der Waals surface area contributed by atoms with Gasteiger partial charge < -0.3 is 4.42 Å². The molecule has 1 heterocycles. The summed E-state index contributed by atoms with van der Waals surface area (Å²) >= 11 is 0. The lowest BCUT2D eigenvalue weighted by atomic mass is 10.0. The first-order valence-corrected chi connectivity index (χ1v) is 11.4. The fourth-order valence-electron chi connectivity index (χ4n) is 2.98. The standard InChI is InChI=1S/C23H22F3NO4S/c1-4-13-32(28,29)31-27-22(23(24,25)26)19-14-20(17-9-5-15(2)6-10-17)30-21(19)18-11-7-16(3)8-12-18/h5-12,14H,4,13H2,1-3H3/b27-22-. The average Bonchev–Trinajstić information content (AvgIpc) is 3.13. The Hall–Kier alpha value is -3.07. The molecule has 3 rings (SSSR count). The molecular formula is C23H22F3NO4S. The van der Waals surface area contributed by atoms with Crippen LogP contribution in [0.3, 0.4) is 0 Å². The van der Waals surface area contributed by atoms with Crippen LogP contribution in [-0.2, 0) is 14.4 Å². The minimum absolute atomic E-state index is 0.0897. The van der Waals surface area contributed by atoms with Crippen LogP contribution in [0.15, 0.2) is 64.2 Å². The van der Waals surface area contributed by atoms with E-state index < -0.39 is 33.3 Å². The Morgan fingerprint density at radius 3 is 2.00 bits per heavy atom. The number of alkyl halides is 3. The van der Waals surface area contributed by atoms with E-state index in [0.29, 0.717) is 11.1 Å². The third kappa shape index (κ3) is 5.59. The summed E-state index contributed by atoms with van der Waals surface area (Å²) in [7, 11) is -4.25. The van der Waals surface area contributed by atoms with Gasteiger partial charge in [-0.15, -0.1) is 0 Å². The molecule has 5 nitrogen and oxygen atoms in total. The highest BCUT2D eigenvalue weighted by molar-refractivity contribution is 7.86. The van der Waals surface area contributed by atoms with E-state index in [1.165, 1.54) is 6.07 Å². The molecule has 32 heavy (non-hydrogen) atoms. The van der Waals surface area contributed by atoms with Crippen molar-refractivity contribution < 1.29 is 30.3 Å². The van der Waals surface area contributed by atoms with Gasteiger partial charge in [0.15, 0.2) is 5.71 Å². The monoisotopic (exact) mass is 465 g/mol.